The van der Waals surface area contributed by atoms with E-state index in [0.717, 1.165) is 32.1 Å². The lowest BCUT2D eigenvalue weighted by Crippen LogP contribution is -2.27. The number of sulfone groups is 1. The number of benzene rings is 2. The first-order chi connectivity index (χ1) is 16.1. The largest absolute Gasteiger partial charge is 0.485 e. The summed E-state index contributed by atoms with van der Waals surface area (Å²) < 4.78 is 59.6. The van der Waals surface area contributed by atoms with Crippen LogP contribution in [0, 0.1) is 25.7 Å². The first kappa shape index (κ1) is 23.8. The molecule has 0 saturated heterocycles. The summed E-state index contributed by atoms with van der Waals surface area (Å²) in [5.74, 6) is -1.30. The number of halogens is 2. The molecule has 3 aliphatic rings. The minimum Gasteiger partial charge on any atom is -0.485 e. The van der Waals surface area contributed by atoms with E-state index in [1.165, 1.54) is 22.3 Å². The molecular formula is C28H34F2O3S. The molecule has 0 amide bonds. The number of alkyl halides is 2. The second-order valence-electron chi connectivity index (χ2n) is 10.7. The van der Waals surface area contributed by atoms with Crippen LogP contribution in [-0.4, -0.2) is 19.6 Å². The summed E-state index contributed by atoms with van der Waals surface area (Å²) in [4.78, 5) is 0.360. The molecule has 34 heavy (non-hydrogen) atoms. The zero-order valence-electron chi connectivity index (χ0n) is 20.0. The summed E-state index contributed by atoms with van der Waals surface area (Å²) in [5, 5.41) is -0.233. The van der Waals surface area contributed by atoms with Gasteiger partial charge in [-0.05, 0) is 106 Å². The van der Waals surface area contributed by atoms with Gasteiger partial charge in [-0.15, -0.1) is 0 Å². The summed E-state index contributed by atoms with van der Waals surface area (Å²) in [6.45, 7) is 4.23. The molecule has 0 radical (unpaired) electrons. The third kappa shape index (κ3) is 4.75. The monoisotopic (exact) mass is 488 g/mol. The van der Waals surface area contributed by atoms with Crippen LogP contribution >= 0.6 is 0 Å². The van der Waals surface area contributed by atoms with E-state index in [-0.39, 0.29) is 30.1 Å². The SMILES string of the molecule is Cc1cc(C)c2c(c1)[C@H](Oc1ccc(S(=O)(=O)C3CC3)cc1)[C@@H](C1CCCC(F)(F)CCC1)C2. The van der Waals surface area contributed by atoms with E-state index in [1.54, 1.807) is 24.3 Å². The Kier molecular flexibility index (Phi) is 6.24. The number of hydrogen-bond donors (Lipinski definition) is 0. The summed E-state index contributed by atoms with van der Waals surface area (Å²) in [5.41, 5.74) is 4.97. The van der Waals surface area contributed by atoms with Gasteiger partial charge in [-0.3, -0.25) is 0 Å². The van der Waals surface area contributed by atoms with Crippen molar-refractivity contribution in [2.75, 3.05) is 0 Å². The van der Waals surface area contributed by atoms with Crippen molar-refractivity contribution < 1.29 is 21.9 Å². The van der Waals surface area contributed by atoms with Crippen molar-refractivity contribution in [2.24, 2.45) is 11.8 Å². The standard InChI is InChI=1S/C28H34F2O3S/c1-18-15-19(2)24-17-25(20-5-3-13-28(29,30)14-4-6-20)27(26(24)16-18)33-21-7-9-22(10-8-21)34(31,32)23-11-12-23/h7-10,15-16,20,23,25,27H,3-6,11-14,17H2,1-2H3/t25-,27-/m1/s1. The molecule has 0 spiro atoms. The Morgan fingerprint density at radius 3 is 2.21 bits per heavy atom. The highest BCUT2D eigenvalue weighted by atomic mass is 32.2. The fourth-order valence-corrected chi connectivity index (χ4v) is 7.73. The van der Waals surface area contributed by atoms with Crippen LogP contribution in [0.2, 0.25) is 0 Å². The number of rotatable bonds is 5. The maximum absolute atomic E-state index is 13.9. The van der Waals surface area contributed by atoms with Gasteiger partial charge >= 0.3 is 0 Å². The summed E-state index contributed by atoms with van der Waals surface area (Å²) >= 11 is 0. The molecule has 5 rings (SSSR count). The third-order valence-corrected chi connectivity index (χ3v) is 10.3. The van der Waals surface area contributed by atoms with Gasteiger partial charge in [-0.25, -0.2) is 17.2 Å². The van der Waals surface area contributed by atoms with E-state index >= 15 is 0 Å². The van der Waals surface area contributed by atoms with Crippen LogP contribution in [0.25, 0.3) is 0 Å². The second kappa shape index (κ2) is 8.92. The third-order valence-electron chi connectivity index (χ3n) is 8.01. The van der Waals surface area contributed by atoms with Gasteiger partial charge in [0.15, 0.2) is 9.84 Å². The molecule has 3 aliphatic carbocycles. The number of aryl methyl sites for hydroxylation is 2. The molecule has 0 aliphatic heterocycles. The van der Waals surface area contributed by atoms with Crippen molar-refractivity contribution in [1.29, 1.82) is 0 Å². The molecule has 0 aromatic heterocycles. The smallest absolute Gasteiger partial charge is 0.248 e. The minimum absolute atomic E-state index is 0.0240. The predicted molar refractivity (Wildman–Crippen MR) is 129 cm³/mol. The molecule has 2 aromatic carbocycles. The molecule has 6 heteroatoms. The number of ether oxygens (including phenoxy) is 1. The molecule has 2 atom stereocenters. The van der Waals surface area contributed by atoms with Gasteiger partial charge in [0.25, 0.3) is 0 Å². The van der Waals surface area contributed by atoms with Gasteiger partial charge in [-0.2, -0.15) is 0 Å². The lowest BCUT2D eigenvalue weighted by Gasteiger charge is -2.32. The van der Waals surface area contributed by atoms with Crippen molar-refractivity contribution in [1.82, 2.24) is 0 Å². The molecule has 184 valence electrons. The van der Waals surface area contributed by atoms with Crippen LogP contribution in [0.3, 0.4) is 0 Å². The summed E-state index contributed by atoms with van der Waals surface area (Å²) in [6.07, 6.45) is 4.88. The Hall–Kier alpha value is -1.95. The zero-order valence-corrected chi connectivity index (χ0v) is 20.8. The molecule has 0 N–H and O–H groups in total. The fourth-order valence-electron chi connectivity index (χ4n) is 6.07. The van der Waals surface area contributed by atoms with Crippen molar-refractivity contribution >= 4 is 9.84 Å². The van der Waals surface area contributed by atoms with E-state index in [9.17, 15) is 17.2 Å². The van der Waals surface area contributed by atoms with E-state index in [4.69, 9.17) is 4.74 Å². The summed E-state index contributed by atoms with van der Waals surface area (Å²) in [7, 11) is -3.23. The highest BCUT2D eigenvalue weighted by Gasteiger charge is 2.42. The van der Waals surface area contributed by atoms with E-state index in [2.05, 4.69) is 26.0 Å². The molecule has 0 unspecified atom stereocenters. The van der Waals surface area contributed by atoms with Gasteiger partial charge in [0.1, 0.15) is 11.9 Å². The topological polar surface area (TPSA) is 43.4 Å². The number of fused-ring (bicyclic) bond motifs is 1. The van der Waals surface area contributed by atoms with Gasteiger partial charge in [-0.1, -0.05) is 17.7 Å². The Labute approximate surface area is 201 Å². The van der Waals surface area contributed by atoms with E-state index in [1.807, 2.05) is 0 Å². The molecule has 2 saturated carbocycles. The van der Waals surface area contributed by atoms with Crippen molar-refractivity contribution in [2.45, 2.75) is 93.8 Å². The van der Waals surface area contributed by atoms with Crippen LogP contribution in [-0.2, 0) is 16.3 Å². The van der Waals surface area contributed by atoms with Crippen LogP contribution in [0.5, 0.6) is 5.75 Å². The molecule has 0 heterocycles. The highest BCUT2D eigenvalue weighted by molar-refractivity contribution is 7.92. The Bertz CT molecular complexity index is 1140. The highest BCUT2D eigenvalue weighted by Crippen LogP contribution is 2.48. The van der Waals surface area contributed by atoms with Crippen LogP contribution in [0.4, 0.5) is 8.78 Å². The van der Waals surface area contributed by atoms with Gasteiger partial charge in [0.2, 0.25) is 5.92 Å². The van der Waals surface area contributed by atoms with Crippen molar-refractivity contribution in [3.63, 3.8) is 0 Å². The lowest BCUT2D eigenvalue weighted by molar-refractivity contribution is -0.0316. The van der Waals surface area contributed by atoms with Crippen LogP contribution in [0.1, 0.15) is 79.7 Å². The fraction of sp³-hybridized carbons (Fsp3) is 0.571. The molecule has 2 fully saturated rings. The maximum atomic E-state index is 13.9. The average molecular weight is 489 g/mol. The van der Waals surface area contributed by atoms with Crippen molar-refractivity contribution in [3.05, 3.63) is 58.7 Å². The molecular weight excluding hydrogens is 454 g/mol. The first-order valence-electron chi connectivity index (χ1n) is 12.6. The average Bonchev–Trinajstić information content (AvgIpc) is 3.56. The lowest BCUT2D eigenvalue weighted by atomic mass is 9.78. The van der Waals surface area contributed by atoms with Crippen molar-refractivity contribution in [3.8, 4) is 5.75 Å². The van der Waals surface area contributed by atoms with Crippen LogP contribution in [0.15, 0.2) is 41.3 Å². The Morgan fingerprint density at radius 1 is 0.941 bits per heavy atom. The van der Waals surface area contributed by atoms with E-state index < -0.39 is 15.8 Å². The Balaban J connectivity index is 1.41. The Morgan fingerprint density at radius 2 is 1.59 bits per heavy atom. The second-order valence-corrected chi connectivity index (χ2v) is 12.9. The van der Waals surface area contributed by atoms with Gasteiger partial charge in [0, 0.05) is 18.8 Å². The normalized spacial score (nSPS) is 25.4. The quantitative estimate of drug-likeness (QED) is 0.449. The zero-order chi connectivity index (χ0) is 24.1. The van der Waals surface area contributed by atoms with E-state index in [0.29, 0.717) is 29.4 Å². The van der Waals surface area contributed by atoms with Gasteiger partial charge < -0.3 is 4.74 Å². The molecule has 3 nitrogen and oxygen atoms in total. The first-order valence-corrected chi connectivity index (χ1v) is 14.2. The minimum atomic E-state index is -3.23. The molecule has 0 bridgehead atoms. The maximum Gasteiger partial charge on any atom is 0.248 e. The van der Waals surface area contributed by atoms with Gasteiger partial charge in [0.05, 0.1) is 10.1 Å². The number of hydrogen-bond acceptors (Lipinski definition) is 3. The molecule has 2 aromatic rings. The van der Waals surface area contributed by atoms with Crippen LogP contribution < -0.4 is 4.74 Å². The summed E-state index contributed by atoms with van der Waals surface area (Å²) in [6, 6.07) is 11.3. The predicted octanol–water partition coefficient (Wildman–Crippen LogP) is 7.14.